The van der Waals surface area contributed by atoms with Crippen molar-refractivity contribution >= 4 is 63.5 Å². The van der Waals surface area contributed by atoms with Crippen molar-refractivity contribution in [3.63, 3.8) is 0 Å². The molecule has 1 fully saturated rings. The second-order valence-electron chi connectivity index (χ2n) is 6.52. The first kappa shape index (κ1) is 23.5. The van der Waals surface area contributed by atoms with Crippen LogP contribution in [0.5, 0.6) is 11.5 Å². The van der Waals surface area contributed by atoms with Gasteiger partial charge in [-0.2, -0.15) is 5.01 Å². The van der Waals surface area contributed by atoms with E-state index in [2.05, 4.69) is 5.43 Å². The summed E-state index contributed by atoms with van der Waals surface area (Å²) >= 11 is 12.2. The minimum absolute atomic E-state index is 0.0659. The molecule has 3 rings (SSSR count). The summed E-state index contributed by atoms with van der Waals surface area (Å²) in [5.41, 5.74) is 3.14. The molecule has 0 aromatic heterocycles. The van der Waals surface area contributed by atoms with Gasteiger partial charge in [0.05, 0.1) is 27.0 Å². The molecule has 2 N–H and O–H groups in total. The maximum absolute atomic E-state index is 12.8. The SMILES string of the molecule is CCOc1cc(/C=C2\SC(=S)N(NC(=O)c3ccc(C)cc3Cl)C2=O)cc([N+](=O)[O-])c1O. The Morgan fingerprint density at radius 3 is 2.75 bits per heavy atom. The number of phenols is 1. The lowest BCUT2D eigenvalue weighted by Gasteiger charge is -2.16. The molecule has 0 spiro atoms. The Morgan fingerprint density at radius 2 is 2.12 bits per heavy atom. The van der Waals surface area contributed by atoms with E-state index in [1.165, 1.54) is 18.2 Å². The maximum Gasteiger partial charge on any atom is 0.315 e. The fourth-order valence-corrected chi connectivity index (χ4v) is 4.28. The highest BCUT2D eigenvalue weighted by Gasteiger charge is 2.34. The van der Waals surface area contributed by atoms with Crippen molar-refractivity contribution in [3.05, 3.63) is 67.1 Å². The van der Waals surface area contributed by atoms with E-state index in [0.717, 1.165) is 28.4 Å². The van der Waals surface area contributed by atoms with Gasteiger partial charge in [0.1, 0.15) is 0 Å². The van der Waals surface area contributed by atoms with Crippen LogP contribution in [0.1, 0.15) is 28.4 Å². The number of hydrazine groups is 1. The number of nitrogens with zero attached hydrogens (tertiary/aromatic N) is 2. The lowest BCUT2D eigenvalue weighted by atomic mass is 10.1. The first-order valence-electron chi connectivity index (χ1n) is 9.11. The number of ether oxygens (including phenoxy) is 1. The van der Waals surface area contributed by atoms with E-state index in [1.807, 2.05) is 6.92 Å². The molecule has 0 radical (unpaired) electrons. The quantitative estimate of drug-likeness (QED) is 0.265. The summed E-state index contributed by atoms with van der Waals surface area (Å²) in [5, 5.41) is 22.4. The second kappa shape index (κ2) is 9.55. The fraction of sp³-hybridized carbons (Fsp3) is 0.150. The number of nitro groups is 1. The lowest BCUT2D eigenvalue weighted by molar-refractivity contribution is -0.386. The number of nitro benzene ring substituents is 1. The molecular formula is C20H16ClN3O6S2. The van der Waals surface area contributed by atoms with Gasteiger partial charge in [0.15, 0.2) is 10.1 Å². The first-order chi connectivity index (χ1) is 15.1. The average Bonchev–Trinajstić information content (AvgIpc) is 2.97. The number of benzene rings is 2. The maximum atomic E-state index is 12.8. The smallest absolute Gasteiger partial charge is 0.315 e. The number of halogens is 1. The Hall–Kier alpha value is -3.15. The van der Waals surface area contributed by atoms with Gasteiger partial charge in [-0.25, -0.2) is 0 Å². The van der Waals surface area contributed by atoms with Gasteiger partial charge in [0.25, 0.3) is 11.8 Å². The fourth-order valence-electron chi connectivity index (χ4n) is 2.78. The molecule has 32 heavy (non-hydrogen) atoms. The average molecular weight is 494 g/mol. The van der Waals surface area contributed by atoms with E-state index in [-0.39, 0.29) is 37.7 Å². The molecule has 12 heteroatoms. The summed E-state index contributed by atoms with van der Waals surface area (Å²) in [6, 6.07) is 7.33. The molecule has 1 aliphatic rings. The topological polar surface area (TPSA) is 122 Å². The number of thioether (sulfide) groups is 1. The van der Waals surface area contributed by atoms with Crippen LogP contribution in [-0.2, 0) is 4.79 Å². The summed E-state index contributed by atoms with van der Waals surface area (Å²) in [6.07, 6.45) is 1.36. The Bertz CT molecular complexity index is 1180. The van der Waals surface area contributed by atoms with Gasteiger partial charge in [0.2, 0.25) is 5.75 Å². The van der Waals surface area contributed by atoms with Crippen molar-refractivity contribution in [1.29, 1.82) is 0 Å². The summed E-state index contributed by atoms with van der Waals surface area (Å²) in [5.74, 6) is -1.94. The zero-order valence-electron chi connectivity index (χ0n) is 16.7. The zero-order valence-corrected chi connectivity index (χ0v) is 19.1. The van der Waals surface area contributed by atoms with Crippen molar-refractivity contribution in [2.75, 3.05) is 6.61 Å². The van der Waals surface area contributed by atoms with Crippen molar-refractivity contribution in [2.24, 2.45) is 0 Å². The number of phenolic OH excluding ortho intramolecular Hbond substituents is 1. The molecule has 0 bridgehead atoms. The van der Waals surface area contributed by atoms with Crippen molar-refractivity contribution in [3.8, 4) is 11.5 Å². The highest BCUT2D eigenvalue weighted by atomic mass is 35.5. The van der Waals surface area contributed by atoms with Crippen LogP contribution in [0.3, 0.4) is 0 Å². The number of nitrogens with one attached hydrogen (secondary N) is 1. The van der Waals surface area contributed by atoms with Crippen LogP contribution in [0.4, 0.5) is 5.69 Å². The number of thiocarbonyl (C=S) groups is 1. The Morgan fingerprint density at radius 1 is 1.41 bits per heavy atom. The number of hydrogen-bond donors (Lipinski definition) is 2. The Kier molecular flexibility index (Phi) is 7.02. The molecule has 0 saturated carbocycles. The summed E-state index contributed by atoms with van der Waals surface area (Å²) in [7, 11) is 0. The predicted octanol–water partition coefficient (Wildman–Crippen LogP) is 4.21. The second-order valence-corrected chi connectivity index (χ2v) is 8.60. The first-order valence-corrected chi connectivity index (χ1v) is 10.7. The molecule has 0 aliphatic carbocycles. The van der Waals surface area contributed by atoms with Gasteiger partial charge in [-0.1, -0.05) is 29.4 Å². The molecule has 2 aromatic carbocycles. The molecule has 2 aromatic rings. The third-order valence-corrected chi connectivity index (χ3v) is 5.86. The van der Waals surface area contributed by atoms with E-state index in [1.54, 1.807) is 19.1 Å². The van der Waals surface area contributed by atoms with Gasteiger partial charge in [-0.05, 0) is 61.5 Å². The molecule has 0 unspecified atom stereocenters. The number of aryl methyl sites for hydroxylation is 1. The highest BCUT2D eigenvalue weighted by Crippen LogP contribution is 2.39. The van der Waals surface area contributed by atoms with Crippen LogP contribution in [0.15, 0.2) is 35.2 Å². The standard InChI is InChI=1S/C20H16ClN3O6S2/c1-3-30-15-8-11(7-14(17(15)25)24(28)29)9-16-19(27)23(20(31)32-16)22-18(26)12-5-4-10(2)6-13(12)21/h4-9,25H,3H2,1-2H3,(H,22,26)/b16-9-. The lowest BCUT2D eigenvalue weighted by Crippen LogP contribution is -2.44. The van der Waals surface area contributed by atoms with Gasteiger partial charge in [-0.15, -0.1) is 0 Å². The van der Waals surface area contributed by atoms with E-state index in [4.69, 9.17) is 28.6 Å². The van der Waals surface area contributed by atoms with E-state index < -0.39 is 28.2 Å². The number of hydrogen-bond acceptors (Lipinski definition) is 8. The molecule has 166 valence electrons. The molecule has 9 nitrogen and oxygen atoms in total. The Labute approximate surface area is 197 Å². The predicted molar refractivity (Wildman–Crippen MR) is 125 cm³/mol. The van der Waals surface area contributed by atoms with E-state index in [0.29, 0.717) is 0 Å². The third kappa shape index (κ3) is 4.85. The van der Waals surface area contributed by atoms with Crippen molar-refractivity contribution < 1.29 is 24.4 Å². The van der Waals surface area contributed by atoms with Gasteiger partial charge >= 0.3 is 5.69 Å². The van der Waals surface area contributed by atoms with Gasteiger partial charge in [0, 0.05) is 6.07 Å². The van der Waals surface area contributed by atoms with Gasteiger partial charge < -0.3 is 9.84 Å². The number of carbonyl (C=O) groups is 2. The zero-order chi connectivity index (χ0) is 23.6. The molecule has 2 amide bonds. The van der Waals surface area contributed by atoms with Crippen LogP contribution in [0.25, 0.3) is 6.08 Å². The molecule has 1 aliphatic heterocycles. The number of amides is 2. The number of carbonyl (C=O) groups excluding carboxylic acids is 2. The molecule has 1 heterocycles. The summed E-state index contributed by atoms with van der Waals surface area (Å²) in [4.78, 5) is 36.0. The summed E-state index contributed by atoms with van der Waals surface area (Å²) < 4.78 is 5.31. The van der Waals surface area contributed by atoms with Gasteiger partial charge in [-0.3, -0.25) is 25.1 Å². The van der Waals surface area contributed by atoms with Crippen LogP contribution < -0.4 is 10.2 Å². The van der Waals surface area contributed by atoms with Crippen molar-refractivity contribution in [2.45, 2.75) is 13.8 Å². The van der Waals surface area contributed by atoms with Crippen LogP contribution in [-0.4, -0.2) is 37.8 Å². The monoisotopic (exact) mass is 493 g/mol. The van der Waals surface area contributed by atoms with E-state index >= 15 is 0 Å². The van der Waals surface area contributed by atoms with Crippen LogP contribution in [0.2, 0.25) is 5.02 Å². The number of aromatic hydroxyl groups is 1. The largest absolute Gasteiger partial charge is 0.500 e. The molecular weight excluding hydrogens is 478 g/mol. The molecule has 0 atom stereocenters. The minimum Gasteiger partial charge on any atom is -0.500 e. The summed E-state index contributed by atoms with van der Waals surface area (Å²) in [6.45, 7) is 3.65. The third-order valence-electron chi connectivity index (χ3n) is 4.25. The molecule has 1 saturated heterocycles. The van der Waals surface area contributed by atoms with Crippen molar-refractivity contribution in [1.82, 2.24) is 10.4 Å². The normalized spacial score (nSPS) is 14.7. The van der Waals surface area contributed by atoms with Crippen LogP contribution in [0, 0.1) is 17.0 Å². The Balaban J connectivity index is 1.88. The van der Waals surface area contributed by atoms with Crippen LogP contribution >= 0.6 is 35.6 Å². The number of rotatable bonds is 6. The van der Waals surface area contributed by atoms with E-state index in [9.17, 15) is 24.8 Å². The minimum atomic E-state index is -0.758. The highest BCUT2D eigenvalue weighted by molar-refractivity contribution is 8.26.